The van der Waals surface area contributed by atoms with E-state index in [1.165, 1.54) is 18.2 Å². The lowest BCUT2D eigenvalue weighted by atomic mass is 10.2. The zero-order chi connectivity index (χ0) is 15.2. The quantitative estimate of drug-likeness (QED) is 0.420. The van der Waals surface area contributed by atoms with Crippen molar-refractivity contribution in [1.29, 1.82) is 0 Å². The molecule has 0 spiro atoms. The third-order valence-corrected chi connectivity index (χ3v) is 3.25. The van der Waals surface area contributed by atoms with Crippen molar-refractivity contribution in [3.63, 3.8) is 0 Å². The van der Waals surface area contributed by atoms with Crippen LogP contribution in [0.3, 0.4) is 0 Å². The first-order chi connectivity index (χ1) is 9.33. The Balaban J connectivity index is 2.67. The lowest BCUT2D eigenvalue weighted by Crippen LogP contribution is -2.18. The van der Waals surface area contributed by atoms with Gasteiger partial charge in [-0.05, 0) is 19.4 Å². The normalized spacial score (nSPS) is 11.1. The SMILES string of the molecule is CCOc1cc(NCCCS(N)(=O)=O)ccc1[N+](=O)[O-]. The summed E-state index contributed by atoms with van der Waals surface area (Å²) in [5, 5.41) is 18.6. The van der Waals surface area contributed by atoms with E-state index in [1.807, 2.05) is 0 Å². The molecule has 0 aliphatic heterocycles. The lowest BCUT2D eigenvalue weighted by Gasteiger charge is -2.09. The number of nitro groups is 1. The van der Waals surface area contributed by atoms with E-state index in [9.17, 15) is 18.5 Å². The van der Waals surface area contributed by atoms with Gasteiger partial charge in [0.2, 0.25) is 10.0 Å². The van der Waals surface area contributed by atoms with Crippen molar-refractivity contribution in [2.45, 2.75) is 13.3 Å². The number of nitrogens with zero attached hydrogens (tertiary/aromatic N) is 1. The summed E-state index contributed by atoms with van der Waals surface area (Å²) in [5.74, 6) is 0.0552. The van der Waals surface area contributed by atoms with E-state index < -0.39 is 14.9 Å². The van der Waals surface area contributed by atoms with Crippen molar-refractivity contribution in [2.24, 2.45) is 5.14 Å². The van der Waals surface area contributed by atoms with Crippen LogP contribution in [0.1, 0.15) is 13.3 Å². The van der Waals surface area contributed by atoms with Crippen LogP contribution in [0.5, 0.6) is 5.75 Å². The van der Waals surface area contributed by atoms with E-state index in [1.54, 1.807) is 6.92 Å². The molecule has 1 aromatic carbocycles. The standard InChI is InChI=1S/C11H17N3O5S/c1-2-19-11-8-9(4-5-10(11)14(15)16)13-6-3-7-20(12,17)18/h4-5,8,13H,2-3,6-7H2,1H3,(H2,12,17,18). The van der Waals surface area contributed by atoms with Gasteiger partial charge < -0.3 is 10.1 Å². The maximum Gasteiger partial charge on any atom is 0.311 e. The van der Waals surface area contributed by atoms with Crippen LogP contribution in [0.4, 0.5) is 11.4 Å². The summed E-state index contributed by atoms with van der Waals surface area (Å²) in [6.07, 6.45) is 0.347. The number of benzene rings is 1. The predicted molar refractivity (Wildman–Crippen MR) is 75.3 cm³/mol. The molecule has 0 radical (unpaired) electrons. The van der Waals surface area contributed by atoms with Crippen molar-refractivity contribution in [3.8, 4) is 5.75 Å². The van der Waals surface area contributed by atoms with Crippen molar-refractivity contribution >= 4 is 21.4 Å². The van der Waals surface area contributed by atoms with Crippen molar-refractivity contribution in [3.05, 3.63) is 28.3 Å². The first-order valence-electron chi connectivity index (χ1n) is 5.99. The molecule has 0 amide bonds. The smallest absolute Gasteiger partial charge is 0.311 e. The molecule has 0 aliphatic rings. The highest BCUT2D eigenvalue weighted by molar-refractivity contribution is 7.89. The molecule has 0 saturated carbocycles. The monoisotopic (exact) mass is 303 g/mol. The molecule has 0 aromatic heterocycles. The fourth-order valence-corrected chi connectivity index (χ4v) is 2.10. The van der Waals surface area contributed by atoms with Crippen LogP contribution in [0.2, 0.25) is 0 Å². The van der Waals surface area contributed by atoms with Crippen LogP contribution >= 0.6 is 0 Å². The molecular weight excluding hydrogens is 286 g/mol. The van der Waals surface area contributed by atoms with E-state index in [4.69, 9.17) is 9.88 Å². The second-order valence-electron chi connectivity index (χ2n) is 4.02. The Labute approximate surface area is 117 Å². The largest absolute Gasteiger partial charge is 0.487 e. The molecule has 0 atom stereocenters. The summed E-state index contributed by atoms with van der Waals surface area (Å²) in [7, 11) is -3.47. The molecule has 112 valence electrons. The van der Waals surface area contributed by atoms with Gasteiger partial charge in [0.15, 0.2) is 5.75 Å². The molecule has 3 N–H and O–H groups in total. The highest BCUT2D eigenvalue weighted by atomic mass is 32.2. The number of sulfonamides is 1. The van der Waals surface area contributed by atoms with Crippen LogP contribution in [-0.2, 0) is 10.0 Å². The maximum absolute atomic E-state index is 10.8. The molecule has 0 saturated heterocycles. The highest BCUT2D eigenvalue weighted by Crippen LogP contribution is 2.29. The van der Waals surface area contributed by atoms with Gasteiger partial charge in [0.05, 0.1) is 17.3 Å². The zero-order valence-corrected chi connectivity index (χ0v) is 11.9. The van der Waals surface area contributed by atoms with Crippen molar-refractivity contribution in [1.82, 2.24) is 0 Å². The summed E-state index contributed by atoms with van der Waals surface area (Å²) in [5.41, 5.74) is 0.510. The summed E-state index contributed by atoms with van der Waals surface area (Å²) in [4.78, 5) is 10.3. The number of hydrogen-bond acceptors (Lipinski definition) is 6. The van der Waals surface area contributed by atoms with Gasteiger partial charge in [-0.25, -0.2) is 13.6 Å². The van der Waals surface area contributed by atoms with Gasteiger partial charge in [0, 0.05) is 24.4 Å². The lowest BCUT2D eigenvalue weighted by molar-refractivity contribution is -0.385. The Kier molecular flexibility index (Phi) is 5.71. The number of nitrogens with one attached hydrogen (secondary N) is 1. The van der Waals surface area contributed by atoms with Gasteiger partial charge in [0.1, 0.15) is 0 Å². The number of nitro benzene ring substituents is 1. The average molecular weight is 303 g/mol. The number of ether oxygens (including phenoxy) is 1. The molecule has 1 rings (SSSR count). The van der Waals surface area contributed by atoms with Crippen LogP contribution < -0.4 is 15.2 Å². The van der Waals surface area contributed by atoms with E-state index in [2.05, 4.69) is 5.32 Å². The van der Waals surface area contributed by atoms with Crippen molar-refractivity contribution in [2.75, 3.05) is 24.2 Å². The van der Waals surface area contributed by atoms with Gasteiger partial charge in [0.25, 0.3) is 0 Å². The summed E-state index contributed by atoms with van der Waals surface area (Å²) < 4.78 is 26.7. The number of hydrogen-bond donors (Lipinski definition) is 2. The third kappa shape index (κ3) is 5.41. The van der Waals surface area contributed by atoms with Crippen LogP contribution in [0, 0.1) is 10.1 Å². The van der Waals surface area contributed by atoms with E-state index >= 15 is 0 Å². The van der Waals surface area contributed by atoms with E-state index in [0.717, 1.165) is 0 Å². The van der Waals surface area contributed by atoms with E-state index in [-0.39, 0.29) is 17.2 Å². The highest BCUT2D eigenvalue weighted by Gasteiger charge is 2.15. The minimum atomic E-state index is -3.47. The molecular formula is C11H17N3O5S. The first-order valence-corrected chi connectivity index (χ1v) is 7.70. The Morgan fingerprint density at radius 3 is 2.70 bits per heavy atom. The fraction of sp³-hybridized carbons (Fsp3) is 0.455. The minimum absolute atomic E-state index is 0.109. The molecule has 0 fully saturated rings. The number of rotatable bonds is 8. The number of nitrogens with two attached hydrogens (primary N) is 1. The van der Waals surface area contributed by atoms with Crippen LogP contribution in [-0.4, -0.2) is 32.2 Å². The molecule has 0 aliphatic carbocycles. The molecule has 9 heteroatoms. The Morgan fingerprint density at radius 1 is 1.45 bits per heavy atom. The van der Waals surface area contributed by atoms with Crippen LogP contribution in [0.15, 0.2) is 18.2 Å². The zero-order valence-electron chi connectivity index (χ0n) is 11.0. The third-order valence-electron chi connectivity index (χ3n) is 2.39. The summed E-state index contributed by atoms with van der Waals surface area (Å²) >= 11 is 0. The molecule has 20 heavy (non-hydrogen) atoms. The van der Waals surface area contributed by atoms with Crippen molar-refractivity contribution < 1.29 is 18.1 Å². The van der Waals surface area contributed by atoms with Gasteiger partial charge in [-0.15, -0.1) is 0 Å². The topological polar surface area (TPSA) is 125 Å². The molecule has 8 nitrogen and oxygen atoms in total. The molecule has 0 unspecified atom stereocenters. The van der Waals surface area contributed by atoms with E-state index in [0.29, 0.717) is 25.3 Å². The Bertz CT molecular complexity index is 573. The Hall–Kier alpha value is -1.87. The number of anilines is 1. The summed E-state index contributed by atoms with van der Waals surface area (Å²) in [6.45, 7) is 2.44. The molecule has 0 heterocycles. The van der Waals surface area contributed by atoms with Gasteiger partial charge in [-0.3, -0.25) is 10.1 Å². The second-order valence-corrected chi connectivity index (χ2v) is 5.75. The first kappa shape index (κ1) is 16.2. The molecule has 1 aromatic rings. The molecule has 0 bridgehead atoms. The minimum Gasteiger partial charge on any atom is -0.487 e. The van der Waals surface area contributed by atoms with Crippen LogP contribution in [0.25, 0.3) is 0 Å². The van der Waals surface area contributed by atoms with Gasteiger partial charge in [-0.2, -0.15) is 0 Å². The number of primary sulfonamides is 1. The summed E-state index contributed by atoms with van der Waals surface area (Å²) in [6, 6.07) is 4.39. The van der Waals surface area contributed by atoms with Gasteiger partial charge >= 0.3 is 5.69 Å². The fourth-order valence-electron chi connectivity index (χ4n) is 1.55. The predicted octanol–water partition coefficient (Wildman–Crippen LogP) is 1.08. The Morgan fingerprint density at radius 2 is 2.15 bits per heavy atom. The second kappa shape index (κ2) is 7.06. The average Bonchev–Trinajstić information content (AvgIpc) is 2.34. The van der Waals surface area contributed by atoms with Gasteiger partial charge in [-0.1, -0.05) is 0 Å². The maximum atomic E-state index is 10.8.